The zero-order chi connectivity index (χ0) is 11.8. The van der Waals surface area contributed by atoms with Crippen LogP contribution in [0.5, 0.6) is 0 Å². The van der Waals surface area contributed by atoms with Gasteiger partial charge in [0, 0.05) is 26.1 Å². The van der Waals surface area contributed by atoms with Crippen LogP contribution in [0.2, 0.25) is 0 Å². The maximum absolute atomic E-state index is 9.45. The first-order valence-electron chi connectivity index (χ1n) is 4.84. The first-order valence-corrected chi connectivity index (χ1v) is 4.84. The van der Waals surface area contributed by atoms with Crippen LogP contribution in [0.4, 0.5) is 0 Å². The van der Waals surface area contributed by atoms with Crippen LogP contribution < -0.4 is 5.73 Å². The fourth-order valence-electron chi connectivity index (χ4n) is 1.34. The highest BCUT2D eigenvalue weighted by Crippen LogP contribution is 1.99. The molecule has 0 radical (unpaired) electrons. The number of hydrogen-bond donors (Lipinski definition) is 3. The van der Waals surface area contributed by atoms with Crippen LogP contribution in [0.15, 0.2) is 5.16 Å². The molecule has 4 N–H and O–H groups in total. The first-order chi connectivity index (χ1) is 7.01. The minimum atomic E-state index is -0.514. The number of ether oxygens (including phenoxy) is 1. The fourth-order valence-corrected chi connectivity index (χ4v) is 1.34. The van der Waals surface area contributed by atoms with Crippen molar-refractivity contribution < 1.29 is 15.1 Å². The molecule has 0 rings (SSSR count). The van der Waals surface area contributed by atoms with E-state index in [2.05, 4.69) is 5.16 Å². The van der Waals surface area contributed by atoms with Crippen molar-refractivity contribution in [2.45, 2.75) is 13.0 Å². The van der Waals surface area contributed by atoms with Crippen LogP contribution in [0.1, 0.15) is 6.92 Å². The summed E-state index contributed by atoms with van der Waals surface area (Å²) in [5.74, 6) is 0.151. The van der Waals surface area contributed by atoms with E-state index in [9.17, 15) is 5.11 Å². The second-order valence-corrected chi connectivity index (χ2v) is 3.76. The lowest BCUT2D eigenvalue weighted by molar-refractivity contribution is 0.0422. The van der Waals surface area contributed by atoms with E-state index in [0.717, 1.165) is 0 Å². The van der Waals surface area contributed by atoms with E-state index >= 15 is 0 Å². The predicted octanol–water partition coefficient (Wildman–Crippen LogP) is -0.692. The number of aliphatic hydroxyl groups is 1. The van der Waals surface area contributed by atoms with Gasteiger partial charge in [-0.05, 0) is 7.05 Å². The summed E-state index contributed by atoms with van der Waals surface area (Å²) in [6.07, 6.45) is -0.514. The lowest BCUT2D eigenvalue weighted by Gasteiger charge is -2.22. The molecule has 0 aromatic heterocycles. The lowest BCUT2D eigenvalue weighted by atomic mass is 10.1. The summed E-state index contributed by atoms with van der Waals surface area (Å²) >= 11 is 0. The van der Waals surface area contributed by atoms with E-state index in [4.69, 9.17) is 15.7 Å². The molecule has 0 fully saturated rings. The smallest absolute Gasteiger partial charge is 0.143 e. The molecule has 0 aliphatic rings. The molecule has 0 saturated heterocycles. The Balaban J connectivity index is 3.87. The van der Waals surface area contributed by atoms with Crippen molar-refractivity contribution in [3.8, 4) is 0 Å². The van der Waals surface area contributed by atoms with Gasteiger partial charge >= 0.3 is 0 Å². The maximum atomic E-state index is 9.45. The van der Waals surface area contributed by atoms with Gasteiger partial charge in [-0.3, -0.25) is 0 Å². The van der Waals surface area contributed by atoms with Crippen LogP contribution in [-0.2, 0) is 4.74 Å². The van der Waals surface area contributed by atoms with Crippen LogP contribution in [0.3, 0.4) is 0 Å². The normalized spacial score (nSPS) is 16.7. The lowest BCUT2D eigenvalue weighted by Crippen LogP contribution is -2.38. The van der Waals surface area contributed by atoms with Crippen LogP contribution >= 0.6 is 0 Å². The monoisotopic (exact) mass is 219 g/mol. The van der Waals surface area contributed by atoms with Crippen LogP contribution in [-0.4, -0.2) is 61.0 Å². The summed E-state index contributed by atoms with van der Waals surface area (Å²) < 4.78 is 4.81. The number of nitrogens with two attached hydrogens (primary N) is 1. The number of amidine groups is 1. The minimum Gasteiger partial charge on any atom is -0.409 e. The molecule has 0 aromatic carbocycles. The molecular formula is C9H21N3O3. The van der Waals surface area contributed by atoms with E-state index < -0.39 is 6.10 Å². The van der Waals surface area contributed by atoms with Gasteiger partial charge < -0.3 is 25.7 Å². The molecule has 0 heterocycles. The van der Waals surface area contributed by atoms with Crippen molar-refractivity contribution in [1.29, 1.82) is 0 Å². The van der Waals surface area contributed by atoms with E-state index in [0.29, 0.717) is 19.7 Å². The standard InChI is InChI=1S/C9H21N3O3/c1-7(9(10)11-14)4-12(2)5-8(13)6-15-3/h7-8,13-14H,4-6H2,1-3H3,(H2,10,11). The highest BCUT2D eigenvalue weighted by atomic mass is 16.5. The molecule has 0 aliphatic heterocycles. The third-order valence-electron chi connectivity index (χ3n) is 2.09. The van der Waals surface area contributed by atoms with Crippen LogP contribution in [0, 0.1) is 5.92 Å². The number of rotatable bonds is 7. The van der Waals surface area contributed by atoms with Crippen molar-refractivity contribution in [2.24, 2.45) is 16.8 Å². The van der Waals surface area contributed by atoms with E-state index in [1.165, 1.54) is 0 Å². The summed E-state index contributed by atoms with van der Waals surface area (Å²) in [7, 11) is 3.41. The molecule has 6 heteroatoms. The Morgan fingerprint density at radius 1 is 1.53 bits per heavy atom. The van der Waals surface area contributed by atoms with Crippen molar-refractivity contribution >= 4 is 5.84 Å². The summed E-state index contributed by atoms with van der Waals surface area (Å²) in [6, 6.07) is 0. The molecular weight excluding hydrogens is 198 g/mol. The Bertz CT molecular complexity index is 199. The second kappa shape index (κ2) is 7.44. The van der Waals surface area contributed by atoms with Gasteiger partial charge in [0.25, 0.3) is 0 Å². The number of methoxy groups -OCH3 is 1. The van der Waals surface area contributed by atoms with Gasteiger partial charge in [-0.1, -0.05) is 12.1 Å². The molecule has 90 valence electrons. The summed E-state index contributed by atoms with van der Waals surface area (Å²) in [5.41, 5.74) is 5.44. The van der Waals surface area contributed by atoms with Gasteiger partial charge in [0.15, 0.2) is 0 Å². The Hall–Kier alpha value is -0.850. The quantitative estimate of drug-likeness (QED) is 0.228. The zero-order valence-corrected chi connectivity index (χ0v) is 9.55. The van der Waals surface area contributed by atoms with E-state index in [1.54, 1.807) is 7.11 Å². The van der Waals surface area contributed by atoms with Crippen LogP contribution in [0.25, 0.3) is 0 Å². The molecule has 0 amide bonds. The summed E-state index contributed by atoms with van der Waals surface area (Å²) in [5, 5.41) is 20.8. The van der Waals surface area contributed by atoms with Gasteiger partial charge in [-0.15, -0.1) is 0 Å². The Morgan fingerprint density at radius 3 is 2.60 bits per heavy atom. The van der Waals surface area contributed by atoms with Gasteiger partial charge in [-0.25, -0.2) is 0 Å². The number of hydrogen-bond acceptors (Lipinski definition) is 5. The largest absolute Gasteiger partial charge is 0.409 e. The molecule has 15 heavy (non-hydrogen) atoms. The van der Waals surface area contributed by atoms with Crippen molar-refractivity contribution in [1.82, 2.24) is 4.90 Å². The average molecular weight is 219 g/mol. The van der Waals surface area contributed by atoms with E-state index in [1.807, 2.05) is 18.9 Å². The molecule has 2 unspecified atom stereocenters. The van der Waals surface area contributed by atoms with Gasteiger partial charge in [0.2, 0.25) is 0 Å². The Labute approximate surface area is 90.3 Å². The average Bonchev–Trinajstić information content (AvgIpc) is 2.16. The molecule has 0 spiro atoms. The topological polar surface area (TPSA) is 91.3 Å². The maximum Gasteiger partial charge on any atom is 0.143 e. The van der Waals surface area contributed by atoms with E-state index in [-0.39, 0.29) is 11.8 Å². The SMILES string of the molecule is COCC(O)CN(C)CC(C)C(N)=NO. The molecule has 2 atom stereocenters. The highest BCUT2D eigenvalue weighted by molar-refractivity contribution is 5.82. The van der Waals surface area contributed by atoms with Crippen molar-refractivity contribution in [3.05, 3.63) is 0 Å². The number of nitrogens with zero attached hydrogens (tertiary/aromatic N) is 2. The van der Waals surface area contributed by atoms with Crippen molar-refractivity contribution in [2.75, 3.05) is 33.9 Å². The fraction of sp³-hybridized carbons (Fsp3) is 0.889. The molecule has 0 saturated carbocycles. The Morgan fingerprint density at radius 2 is 2.13 bits per heavy atom. The summed E-state index contributed by atoms with van der Waals surface area (Å²) in [6.45, 7) is 3.28. The first kappa shape index (κ1) is 14.2. The molecule has 0 bridgehead atoms. The zero-order valence-electron chi connectivity index (χ0n) is 9.55. The van der Waals surface area contributed by atoms with Crippen molar-refractivity contribution in [3.63, 3.8) is 0 Å². The third kappa shape index (κ3) is 6.27. The molecule has 0 aromatic rings. The van der Waals surface area contributed by atoms with Gasteiger partial charge in [0.05, 0.1) is 12.7 Å². The predicted molar refractivity (Wildman–Crippen MR) is 58.0 cm³/mol. The number of oxime groups is 1. The minimum absolute atomic E-state index is 0.0465. The van der Waals surface area contributed by atoms with Gasteiger partial charge in [-0.2, -0.15) is 0 Å². The molecule has 6 nitrogen and oxygen atoms in total. The highest BCUT2D eigenvalue weighted by Gasteiger charge is 2.13. The number of aliphatic hydroxyl groups excluding tert-OH is 1. The van der Waals surface area contributed by atoms with Gasteiger partial charge in [0.1, 0.15) is 5.84 Å². The number of likely N-dealkylation sites (N-methyl/N-ethyl adjacent to an activating group) is 1. The Kier molecular flexibility index (Phi) is 7.02. The third-order valence-corrected chi connectivity index (χ3v) is 2.09. The molecule has 0 aliphatic carbocycles. The second-order valence-electron chi connectivity index (χ2n) is 3.76. The summed E-state index contributed by atoms with van der Waals surface area (Å²) in [4.78, 5) is 1.91.